The molecule has 0 radical (unpaired) electrons. The van der Waals surface area contributed by atoms with Crippen LogP contribution in [0.25, 0.3) is 0 Å². The lowest BCUT2D eigenvalue weighted by Gasteiger charge is -2.48. The van der Waals surface area contributed by atoms with Gasteiger partial charge in [0.05, 0.1) is 5.02 Å². The molecule has 1 N–H and O–H groups in total. The number of aromatic nitrogens is 1. The summed E-state index contributed by atoms with van der Waals surface area (Å²) in [5, 5.41) is 3.01. The molecule has 8 nitrogen and oxygen atoms in total. The first-order valence-electron chi connectivity index (χ1n) is 12.8. The Morgan fingerprint density at radius 2 is 1.86 bits per heavy atom. The molecule has 36 heavy (non-hydrogen) atoms. The van der Waals surface area contributed by atoms with Gasteiger partial charge in [-0.05, 0) is 61.6 Å². The van der Waals surface area contributed by atoms with Crippen molar-refractivity contribution < 1.29 is 19.1 Å². The van der Waals surface area contributed by atoms with E-state index in [0.717, 1.165) is 49.4 Å². The summed E-state index contributed by atoms with van der Waals surface area (Å²) in [7, 11) is 0. The highest BCUT2D eigenvalue weighted by Gasteiger charge is 2.41. The van der Waals surface area contributed by atoms with Crippen molar-refractivity contribution >= 4 is 29.3 Å². The predicted molar refractivity (Wildman–Crippen MR) is 133 cm³/mol. The number of piperidine rings is 1. The first-order valence-corrected chi connectivity index (χ1v) is 13.1. The van der Waals surface area contributed by atoms with Gasteiger partial charge < -0.3 is 9.64 Å². The molecule has 6 rings (SSSR count). The van der Waals surface area contributed by atoms with Crippen LogP contribution in [-0.4, -0.2) is 63.8 Å². The number of nitrogens with one attached hydrogen (secondary N) is 1. The zero-order valence-electron chi connectivity index (χ0n) is 20.0. The molecule has 3 fully saturated rings. The van der Waals surface area contributed by atoms with Gasteiger partial charge in [-0.25, -0.2) is 0 Å². The van der Waals surface area contributed by atoms with Gasteiger partial charge in [-0.3, -0.25) is 29.6 Å². The maximum absolute atomic E-state index is 13.0. The SMILES string of the molecule is O=C1CC[C@@H](N2Cc3cc(O[C@@H]4CCCC[C@@H]4N4CC(c5ccc(Cl)cn5)C4)ccc3C2=O)C(=O)N1. The van der Waals surface area contributed by atoms with E-state index >= 15 is 0 Å². The van der Waals surface area contributed by atoms with Crippen LogP contribution in [0.5, 0.6) is 5.75 Å². The molecule has 0 spiro atoms. The molecule has 188 valence electrons. The Morgan fingerprint density at radius 3 is 2.64 bits per heavy atom. The Kier molecular flexibility index (Phi) is 6.17. The van der Waals surface area contributed by atoms with Crippen molar-refractivity contribution in [3.8, 4) is 5.75 Å². The number of likely N-dealkylation sites (tertiary alicyclic amines) is 1. The molecule has 1 aromatic heterocycles. The number of hydrogen-bond acceptors (Lipinski definition) is 6. The fraction of sp³-hybridized carbons (Fsp3) is 0.481. The average molecular weight is 509 g/mol. The summed E-state index contributed by atoms with van der Waals surface area (Å²) in [4.78, 5) is 45.4. The van der Waals surface area contributed by atoms with E-state index in [1.54, 1.807) is 11.1 Å². The number of ether oxygens (including phenoxy) is 1. The van der Waals surface area contributed by atoms with Gasteiger partial charge in [-0.1, -0.05) is 18.0 Å². The fourth-order valence-corrected chi connectivity index (χ4v) is 6.14. The van der Waals surface area contributed by atoms with E-state index in [1.165, 1.54) is 6.42 Å². The molecule has 4 aliphatic rings. The number of carbonyl (C=O) groups is 3. The third kappa shape index (κ3) is 4.37. The molecule has 3 atom stereocenters. The normalized spacial score (nSPS) is 27.0. The van der Waals surface area contributed by atoms with Gasteiger partial charge in [-0.2, -0.15) is 0 Å². The van der Waals surface area contributed by atoms with Crippen molar-refractivity contribution in [2.75, 3.05) is 13.1 Å². The number of benzene rings is 1. The second-order valence-corrected chi connectivity index (χ2v) is 10.7. The topological polar surface area (TPSA) is 91.8 Å². The maximum Gasteiger partial charge on any atom is 0.255 e. The third-order valence-electron chi connectivity index (χ3n) is 8.00. The number of hydrogen-bond donors (Lipinski definition) is 1. The van der Waals surface area contributed by atoms with Gasteiger partial charge in [0.1, 0.15) is 17.9 Å². The molecular weight excluding hydrogens is 480 g/mol. The van der Waals surface area contributed by atoms with Crippen LogP contribution in [0.3, 0.4) is 0 Å². The van der Waals surface area contributed by atoms with Gasteiger partial charge >= 0.3 is 0 Å². The summed E-state index contributed by atoms with van der Waals surface area (Å²) in [6.45, 7) is 2.30. The lowest BCUT2D eigenvalue weighted by molar-refractivity contribution is -0.136. The zero-order chi connectivity index (χ0) is 24.8. The van der Waals surface area contributed by atoms with Gasteiger partial charge in [0.25, 0.3) is 5.91 Å². The van der Waals surface area contributed by atoms with Crippen LogP contribution in [0.1, 0.15) is 66.1 Å². The van der Waals surface area contributed by atoms with E-state index in [9.17, 15) is 14.4 Å². The van der Waals surface area contributed by atoms with Crippen molar-refractivity contribution in [3.63, 3.8) is 0 Å². The van der Waals surface area contributed by atoms with Crippen molar-refractivity contribution in [2.45, 2.75) is 69.2 Å². The summed E-state index contributed by atoms with van der Waals surface area (Å²) in [6, 6.07) is 9.29. The fourth-order valence-electron chi connectivity index (χ4n) is 6.03. The van der Waals surface area contributed by atoms with Gasteiger partial charge in [0, 0.05) is 55.5 Å². The lowest BCUT2D eigenvalue weighted by Crippen LogP contribution is -2.57. The molecule has 0 unspecified atom stereocenters. The molecule has 4 heterocycles. The van der Waals surface area contributed by atoms with Crippen LogP contribution in [-0.2, 0) is 16.1 Å². The van der Waals surface area contributed by atoms with E-state index in [0.29, 0.717) is 35.5 Å². The summed E-state index contributed by atoms with van der Waals surface area (Å²) < 4.78 is 6.53. The van der Waals surface area contributed by atoms with Crippen LogP contribution >= 0.6 is 11.6 Å². The Labute approximate surface area is 214 Å². The van der Waals surface area contributed by atoms with E-state index in [-0.39, 0.29) is 24.3 Å². The minimum Gasteiger partial charge on any atom is -0.489 e. The number of carbonyl (C=O) groups excluding carboxylic acids is 3. The quantitative estimate of drug-likeness (QED) is 0.623. The summed E-state index contributed by atoms with van der Waals surface area (Å²) in [6.07, 6.45) is 6.88. The van der Waals surface area contributed by atoms with Crippen LogP contribution in [0.15, 0.2) is 36.5 Å². The monoisotopic (exact) mass is 508 g/mol. The Bertz CT molecular complexity index is 1200. The lowest BCUT2D eigenvalue weighted by atomic mass is 9.85. The van der Waals surface area contributed by atoms with Crippen molar-refractivity contribution in [2.24, 2.45) is 0 Å². The molecule has 3 aliphatic heterocycles. The Balaban J connectivity index is 1.11. The van der Waals surface area contributed by atoms with E-state index in [2.05, 4.69) is 15.2 Å². The molecule has 1 aromatic carbocycles. The number of amides is 3. The highest BCUT2D eigenvalue weighted by atomic mass is 35.5. The van der Waals surface area contributed by atoms with Crippen molar-refractivity contribution in [1.29, 1.82) is 0 Å². The number of nitrogens with zero attached hydrogens (tertiary/aromatic N) is 3. The number of imide groups is 1. The second-order valence-electron chi connectivity index (χ2n) is 10.3. The largest absolute Gasteiger partial charge is 0.489 e. The van der Waals surface area contributed by atoms with Crippen LogP contribution in [0, 0.1) is 0 Å². The van der Waals surface area contributed by atoms with Crippen LogP contribution < -0.4 is 10.1 Å². The minimum atomic E-state index is -0.607. The Hall–Kier alpha value is -2.97. The summed E-state index contributed by atoms with van der Waals surface area (Å²) >= 11 is 5.99. The van der Waals surface area contributed by atoms with Gasteiger partial charge in [0.15, 0.2) is 0 Å². The van der Waals surface area contributed by atoms with Gasteiger partial charge in [-0.15, -0.1) is 0 Å². The maximum atomic E-state index is 13.0. The molecule has 0 bridgehead atoms. The third-order valence-corrected chi connectivity index (χ3v) is 8.22. The van der Waals surface area contributed by atoms with Crippen LogP contribution in [0.2, 0.25) is 5.02 Å². The standard InChI is InChI=1S/C27H29ClN4O4/c28-18-5-8-21(29-12-18)17-13-31(14-17)22-3-1-2-4-24(22)36-19-6-7-20-16(11-19)15-32(27(20)35)23-9-10-25(33)30-26(23)34/h5-8,11-12,17,22-24H,1-4,9-10,13-15H2,(H,30,33,34)/t22-,23+,24+/m0/s1. The highest BCUT2D eigenvalue weighted by Crippen LogP contribution is 2.36. The molecule has 2 saturated heterocycles. The number of rotatable bonds is 5. The molecule has 3 amide bonds. The first kappa shape index (κ1) is 23.4. The zero-order valence-corrected chi connectivity index (χ0v) is 20.7. The molecule has 1 aliphatic carbocycles. The van der Waals surface area contributed by atoms with E-state index in [4.69, 9.17) is 16.3 Å². The van der Waals surface area contributed by atoms with E-state index < -0.39 is 11.9 Å². The number of pyridine rings is 1. The Morgan fingerprint density at radius 1 is 1.03 bits per heavy atom. The van der Waals surface area contributed by atoms with Crippen molar-refractivity contribution in [1.82, 2.24) is 20.1 Å². The first-order chi connectivity index (χ1) is 17.5. The summed E-state index contributed by atoms with van der Waals surface area (Å²) in [5.41, 5.74) is 2.56. The predicted octanol–water partition coefficient (Wildman–Crippen LogP) is 3.29. The second kappa shape index (κ2) is 9.48. The average Bonchev–Trinajstić information content (AvgIpc) is 3.16. The smallest absolute Gasteiger partial charge is 0.255 e. The van der Waals surface area contributed by atoms with Crippen molar-refractivity contribution in [3.05, 3.63) is 58.4 Å². The van der Waals surface area contributed by atoms with Crippen LogP contribution in [0.4, 0.5) is 0 Å². The summed E-state index contributed by atoms with van der Waals surface area (Å²) in [5.74, 6) is 0.352. The number of fused-ring (bicyclic) bond motifs is 1. The number of halogens is 1. The molecular formula is C27H29ClN4O4. The molecule has 1 saturated carbocycles. The molecule has 9 heteroatoms. The molecule has 2 aromatic rings. The minimum absolute atomic E-state index is 0.0965. The van der Waals surface area contributed by atoms with E-state index in [1.807, 2.05) is 30.3 Å². The van der Waals surface area contributed by atoms with Gasteiger partial charge in [0.2, 0.25) is 11.8 Å². The highest BCUT2D eigenvalue weighted by molar-refractivity contribution is 6.30.